The van der Waals surface area contributed by atoms with Gasteiger partial charge >= 0.3 is 6.03 Å². The van der Waals surface area contributed by atoms with Gasteiger partial charge in [0.2, 0.25) is 17.8 Å². The molecule has 258 valence electrons. The van der Waals surface area contributed by atoms with E-state index >= 15 is 0 Å². The lowest BCUT2D eigenvalue weighted by atomic mass is 9.92. The Hall–Kier alpha value is -4.32. The van der Waals surface area contributed by atoms with Crippen molar-refractivity contribution >= 4 is 17.7 Å². The topological polar surface area (TPSA) is 101 Å². The van der Waals surface area contributed by atoms with Crippen LogP contribution in [0, 0.1) is 13.8 Å². The normalized spacial score (nSPS) is 16.5. The van der Waals surface area contributed by atoms with Crippen LogP contribution in [0.15, 0.2) is 71.7 Å². The molecule has 4 rings (SSSR count). The third-order valence-electron chi connectivity index (χ3n) is 6.92. The Bertz CT molecular complexity index is 1420. The van der Waals surface area contributed by atoms with Gasteiger partial charge in [0.15, 0.2) is 0 Å². The van der Waals surface area contributed by atoms with Gasteiger partial charge < -0.3 is 30.3 Å². The van der Waals surface area contributed by atoms with Crippen molar-refractivity contribution in [2.75, 3.05) is 51.1 Å². The van der Waals surface area contributed by atoms with E-state index in [1.54, 1.807) is 13.2 Å². The molecule has 0 atom stereocenters. The van der Waals surface area contributed by atoms with Gasteiger partial charge in [-0.05, 0) is 97.2 Å². The number of likely N-dealkylation sites (tertiary alicyclic amines) is 1. The van der Waals surface area contributed by atoms with E-state index in [9.17, 15) is 18.0 Å². The molecule has 2 amide bonds. The molecule has 1 aromatic heterocycles. The second-order valence-electron chi connectivity index (χ2n) is 11.4. The van der Waals surface area contributed by atoms with E-state index in [0.29, 0.717) is 41.9 Å². The number of halogens is 3. The summed E-state index contributed by atoms with van der Waals surface area (Å²) >= 11 is 0. The first-order valence-electron chi connectivity index (χ1n) is 15.6. The molecule has 1 aliphatic carbocycles. The molecule has 0 spiro atoms. The van der Waals surface area contributed by atoms with Crippen LogP contribution in [0.5, 0.6) is 11.6 Å². The van der Waals surface area contributed by atoms with E-state index in [1.807, 2.05) is 51.1 Å². The van der Waals surface area contributed by atoms with Crippen LogP contribution in [0.25, 0.3) is 0 Å². The van der Waals surface area contributed by atoms with Gasteiger partial charge in [0.1, 0.15) is 11.5 Å². The Morgan fingerprint density at radius 2 is 1.81 bits per heavy atom. The van der Waals surface area contributed by atoms with Crippen molar-refractivity contribution in [3.8, 4) is 11.6 Å². The minimum absolute atomic E-state index is 0.357. The second-order valence-corrected chi connectivity index (χ2v) is 11.4. The average Bonchev–Trinajstić information content (AvgIpc) is 3.53. The van der Waals surface area contributed by atoms with E-state index in [4.69, 9.17) is 9.47 Å². The van der Waals surface area contributed by atoms with Crippen LogP contribution in [-0.2, 0) is 0 Å². The van der Waals surface area contributed by atoms with E-state index in [1.165, 1.54) is 12.8 Å². The Labute approximate surface area is 277 Å². The maximum Gasteiger partial charge on any atom is 0.323 e. The van der Waals surface area contributed by atoms with E-state index in [2.05, 4.69) is 43.5 Å². The number of carbonyl (C=O) groups is 1. The molecule has 1 aliphatic heterocycles. The van der Waals surface area contributed by atoms with Crippen LogP contribution in [0.1, 0.15) is 57.7 Å². The number of hydrogen-bond donors (Lipinski definition) is 3. The van der Waals surface area contributed by atoms with Crippen molar-refractivity contribution in [3.05, 3.63) is 82.9 Å². The molecular weight excluding hydrogens is 609 g/mol. The molecule has 9 nitrogen and oxygen atoms in total. The first kappa shape index (κ1) is 38.9. The highest BCUT2D eigenvalue weighted by Gasteiger charge is 2.19. The van der Waals surface area contributed by atoms with Crippen LogP contribution in [0.4, 0.5) is 29.6 Å². The minimum Gasteiger partial charge on any atom is -0.495 e. The smallest absolute Gasteiger partial charge is 0.323 e. The molecule has 2 heterocycles. The van der Waals surface area contributed by atoms with Gasteiger partial charge in [-0.3, -0.25) is 4.39 Å². The molecule has 3 N–H and O–H groups in total. The van der Waals surface area contributed by atoms with Gasteiger partial charge in [0.05, 0.1) is 20.0 Å². The molecule has 2 aliphatic rings. The third kappa shape index (κ3) is 13.9. The fraction of sp³-hybridized carbons (Fsp3) is 0.457. The number of ether oxygens (including phenoxy) is 2. The third-order valence-corrected chi connectivity index (χ3v) is 6.92. The number of nitrogens with zero attached hydrogens (tertiary/aromatic N) is 3. The second kappa shape index (κ2) is 19.4. The lowest BCUT2D eigenvalue weighted by molar-refractivity contribution is 0.0437. The zero-order valence-corrected chi connectivity index (χ0v) is 28.6. The van der Waals surface area contributed by atoms with Crippen LogP contribution in [-0.4, -0.2) is 67.3 Å². The zero-order chi connectivity index (χ0) is 35.0. The number of nitrogens with one attached hydrogen (secondary N) is 3. The number of amides is 2. The highest BCUT2D eigenvalue weighted by atomic mass is 19.3. The number of rotatable bonds is 10. The van der Waals surface area contributed by atoms with E-state index in [0.717, 1.165) is 75.3 Å². The summed E-state index contributed by atoms with van der Waals surface area (Å²) < 4.78 is 43.2. The van der Waals surface area contributed by atoms with Crippen LogP contribution in [0.3, 0.4) is 0 Å². The molecule has 1 fully saturated rings. The molecule has 1 aromatic carbocycles. The number of anilines is 2. The number of allylic oxidation sites excluding steroid dienone is 6. The predicted molar refractivity (Wildman–Crippen MR) is 183 cm³/mol. The molecule has 0 unspecified atom stereocenters. The summed E-state index contributed by atoms with van der Waals surface area (Å²) in [7, 11) is 2.08. The number of aromatic nitrogens is 2. The monoisotopic (exact) mass is 658 g/mol. The van der Waals surface area contributed by atoms with Crippen LogP contribution in [0.2, 0.25) is 0 Å². The summed E-state index contributed by atoms with van der Waals surface area (Å²) in [6.45, 7) is 15.5. The molecule has 0 saturated carbocycles. The number of benzene rings is 1. The van der Waals surface area contributed by atoms with Crippen molar-refractivity contribution < 1.29 is 27.4 Å². The van der Waals surface area contributed by atoms with Crippen LogP contribution >= 0.6 is 0 Å². The summed E-state index contributed by atoms with van der Waals surface area (Å²) in [6.07, 6.45) is 9.91. The number of urea groups is 1. The number of aryl methyl sites for hydroxylation is 2. The average molecular weight is 659 g/mol. The minimum atomic E-state index is -2.50. The standard InChI is InChI=1S/C31H40N6O3.C3H6F2.CH3F/c1-6-27(40-29-20-22(3)33-30(36-29)32-15-18-37-16-9-10-17-37)25-12-8-7-11-24(25)23(4)34-31(38)35-26-19-21(2)13-14-28(26)39-5;1-3(2,4)5;1-2/h6-7,11,13-14,19-20H,1,8-10,12,15-18H2,2-5H3,(H,32,33,36)(H2,34,35,38);1-2H3;1H3/b24-23+,27-25+;;. The van der Waals surface area contributed by atoms with Crippen molar-refractivity contribution in [2.24, 2.45) is 0 Å². The van der Waals surface area contributed by atoms with E-state index < -0.39 is 5.92 Å². The van der Waals surface area contributed by atoms with Crippen molar-refractivity contribution in [2.45, 2.75) is 66.2 Å². The van der Waals surface area contributed by atoms with Crippen molar-refractivity contribution in [1.82, 2.24) is 20.2 Å². The highest BCUT2D eigenvalue weighted by molar-refractivity contribution is 5.92. The first-order valence-corrected chi connectivity index (χ1v) is 15.6. The molecule has 2 aromatic rings. The number of carbonyl (C=O) groups excluding carboxylic acids is 1. The maximum atomic E-state index is 12.9. The van der Waals surface area contributed by atoms with Gasteiger partial charge in [-0.1, -0.05) is 24.8 Å². The number of hydrogen-bond acceptors (Lipinski definition) is 7. The largest absolute Gasteiger partial charge is 0.495 e. The molecule has 1 saturated heterocycles. The summed E-state index contributed by atoms with van der Waals surface area (Å²) in [5, 5.41) is 9.19. The fourth-order valence-corrected chi connectivity index (χ4v) is 4.92. The molecule has 0 bridgehead atoms. The predicted octanol–water partition coefficient (Wildman–Crippen LogP) is 8.12. The zero-order valence-electron chi connectivity index (χ0n) is 28.6. The summed E-state index contributed by atoms with van der Waals surface area (Å²) in [5.74, 6) is -0.315. The first-order chi connectivity index (χ1) is 22.4. The lowest BCUT2D eigenvalue weighted by Gasteiger charge is -2.20. The lowest BCUT2D eigenvalue weighted by Crippen LogP contribution is -2.28. The number of methoxy groups -OCH3 is 1. The molecular formula is C35H49F3N6O3. The van der Waals surface area contributed by atoms with Gasteiger partial charge in [-0.25, -0.2) is 18.6 Å². The Kier molecular flexibility index (Phi) is 16.0. The van der Waals surface area contributed by atoms with E-state index in [-0.39, 0.29) is 6.03 Å². The van der Waals surface area contributed by atoms with Gasteiger partial charge in [-0.2, -0.15) is 4.98 Å². The van der Waals surface area contributed by atoms with Gasteiger partial charge in [-0.15, -0.1) is 0 Å². The van der Waals surface area contributed by atoms with Crippen LogP contribution < -0.4 is 25.4 Å². The summed E-state index contributed by atoms with van der Waals surface area (Å²) in [5.41, 5.74) is 4.95. The maximum absolute atomic E-state index is 12.9. The van der Waals surface area contributed by atoms with Gasteiger partial charge in [0, 0.05) is 41.7 Å². The molecule has 47 heavy (non-hydrogen) atoms. The Morgan fingerprint density at radius 3 is 2.45 bits per heavy atom. The molecule has 12 heteroatoms. The summed E-state index contributed by atoms with van der Waals surface area (Å²) in [4.78, 5) is 24.5. The number of alkyl halides is 3. The van der Waals surface area contributed by atoms with Crippen molar-refractivity contribution in [3.63, 3.8) is 0 Å². The highest BCUT2D eigenvalue weighted by Crippen LogP contribution is 2.31. The Morgan fingerprint density at radius 1 is 1.13 bits per heavy atom. The quantitative estimate of drug-likeness (QED) is 0.222. The summed E-state index contributed by atoms with van der Waals surface area (Å²) in [6, 6.07) is 7.09. The Balaban J connectivity index is 0.00000100. The molecule has 0 radical (unpaired) electrons. The van der Waals surface area contributed by atoms with Crippen molar-refractivity contribution in [1.29, 1.82) is 0 Å². The fourth-order valence-electron chi connectivity index (χ4n) is 4.92. The van der Waals surface area contributed by atoms with Gasteiger partial charge in [0.25, 0.3) is 0 Å². The SMILES string of the molecule is C=C/C(Oc1cc(C)nc(NCCN2CCCC2)n1)=C1/CCC=C/C1=C(/C)NC(=O)Nc1cc(C)ccc1OC.CC(C)(F)F.CF.